The summed E-state index contributed by atoms with van der Waals surface area (Å²) < 4.78 is 47.6. The highest BCUT2D eigenvalue weighted by atomic mass is 16.6. The van der Waals surface area contributed by atoms with Crippen LogP contribution in [0.25, 0.3) is 0 Å². The van der Waals surface area contributed by atoms with Crippen LogP contribution in [0.4, 0.5) is 5.69 Å². The monoisotopic (exact) mass is 1230 g/mol. The predicted octanol–water partition coefficient (Wildman–Crippen LogP) is 4.90. The molecule has 1 aliphatic heterocycles. The number of terminal acetylenes is 1. The van der Waals surface area contributed by atoms with Crippen molar-refractivity contribution in [1.29, 1.82) is 0 Å². The summed E-state index contributed by atoms with van der Waals surface area (Å²) in [5, 5.41) is 34.3. The molecule has 0 aromatic heterocycles. The molecule has 8 rings (SSSR count). The zero-order valence-corrected chi connectivity index (χ0v) is 50.0. The Kier molecular flexibility index (Phi) is 20.7. The van der Waals surface area contributed by atoms with Gasteiger partial charge in [0.15, 0.2) is 17.5 Å². The minimum atomic E-state index is -2.55. The van der Waals surface area contributed by atoms with E-state index < -0.39 is 150 Å². The van der Waals surface area contributed by atoms with Gasteiger partial charge in [0, 0.05) is 56.2 Å². The number of fused-ring (bicyclic) bond motifs is 5. The van der Waals surface area contributed by atoms with Crippen LogP contribution in [-0.4, -0.2) is 144 Å². The molecule has 89 heavy (non-hydrogen) atoms. The van der Waals surface area contributed by atoms with Crippen molar-refractivity contribution in [2.75, 3.05) is 31.7 Å². The number of rotatable bonds is 23. The third-order valence-corrected chi connectivity index (χ3v) is 17.0. The molecule has 0 radical (unpaired) electrons. The summed E-state index contributed by atoms with van der Waals surface area (Å²) in [7, 11) is 0. The number of hydrogen-bond donors (Lipinski definition) is 5. The van der Waals surface area contributed by atoms with Crippen LogP contribution in [0, 0.1) is 29.1 Å². The molecule has 3 fully saturated rings. The molecular formula is C66H71N3O20. The summed E-state index contributed by atoms with van der Waals surface area (Å²) in [6.45, 7) is 5.35. The molecule has 4 aliphatic rings. The first-order valence-corrected chi connectivity index (χ1v) is 28.9. The number of carbonyl (C=O) groups excluding carboxylic acids is 10. The highest BCUT2D eigenvalue weighted by Crippen LogP contribution is 2.64. The Morgan fingerprint density at radius 2 is 1.42 bits per heavy atom. The maximum Gasteiger partial charge on any atom is 0.350 e. The summed E-state index contributed by atoms with van der Waals surface area (Å²) >= 11 is 0. The lowest BCUT2D eigenvalue weighted by molar-refractivity contribution is -0.346. The summed E-state index contributed by atoms with van der Waals surface area (Å²) in [5.74, 6) is -7.99. The van der Waals surface area contributed by atoms with Crippen molar-refractivity contribution in [1.82, 2.24) is 10.6 Å². The third kappa shape index (κ3) is 14.3. The lowest BCUT2D eigenvalue weighted by Gasteiger charge is -2.67. The van der Waals surface area contributed by atoms with Crippen molar-refractivity contribution >= 4 is 65.0 Å². The Labute approximate surface area is 513 Å². The van der Waals surface area contributed by atoms with Gasteiger partial charge >= 0.3 is 35.8 Å². The molecule has 11 atom stereocenters. The van der Waals surface area contributed by atoms with Gasteiger partial charge in [-0.15, -0.1) is 12.3 Å². The van der Waals surface area contributed by atoms with Gasteiger partial charge in [0.25, 0.3) is 5.91 Å². The van der Waals surface area contributed by atoms with Gasteiger partial charge in [-0.2, -0.15) is 0 Å². The number of anilines is 1. The van der Waals surface area contributed by atoms with E-state index in [1.165, 1.54) is 64.1 Å². The quantitative estimate of drug-likeness (QED) is 0.0217. The van der Waals surface area contributed by atoms with Crippen LogP contribution in [0.2, 0.25) is 0 Å². The van der Waals surface area contributed by atoms with Gasteiger partial charge in [0.1, 0.15) is 49.8 Å². The largest absolute Gasteiger partial charge is 0.459 e. The molecule has 2 bridgehead atoms. The molecule has 1 saturated heterocycles. The van der Waals surface area contributed by atoms with Gasteiger partial charge in [0.05, 0.1) is 36.2 Å². The molecule has 5 N–H and O–H groups in total. The van der Waals surface area contributed by atoms with Crippen LogP contribution in [0.3, 0.4) is 0 Å². The van der Waals surface area contributed by atoms with Gasteiger partial charge < -0.3 is 64.1 Å². The second-order valence-corrected chi connectivity index (χ2v) is 23.1. The normalized spacial score (nSPS) is 25.3. The Morgan fingerprint density at radius 3 is 2.02 bits per heavy atom. The average molecular weight is 1230 g/mol. The fourth-order valence-electron chi connectivity index (χ4n) is 12.4. The second kappa shape index (κ2) is 28.0. The molecule has 1 unspecified atom stereocenters. The van der Waals surface area contributed by atoms with E-state index in [0.29, 0.717) is 24.1 Å². The molecule has 23 heteroatoms. The Balaban J connectivity index is 1.10. The Bertz CT molecular complexity index is 3400. The molecule has 470 valence electrons. The van der Waals surface area contributed by atoms with E-state index in [4.69, 9.17) is 44.3 Å². The first kappa shape index (κ1) is 65.9. The summed E-state index contributed by atoms with van der Waals surface area (Å²) in [6.07, 6.45) is -5.12. The van der Waals surface area contributed by atoms with Crippen molar-refractivity contribution in [3.63, 3.8) is 0 Å². The van der Waals surface area contributed by atoms with Gasteiger partial charge in [-0.1, -0.05) is 92.7 Å². The first-order valence-electron chi connectivity index (χ1n) is 28.9. The van der Waals surface area contributed by atoms with Crippen LogP contribution >= 0.6 is 0 Å². The molecule has 2 saturated carbocycles. The minimum Gasteiger partial charge on any atom is -0.459 e. The van der Waals surface area contributed by atoms with Crippen molar-refractivity contribution in [3.8, 4) is 12.3 Å². The fraction of sp³-hybridized carbons (Fsp3) is 0.424. The SMILES string of the molecule is C#CCCCC(=O)NCC(=O)Nc1ccc(COC(=O)COCC(=O)O[C@@H](C(=O)O[C@H]2C[C@@]3(O)[C@@H](OC(=O)c4ccccc4)[C@@H]4[C@]5(OC(C)=O)CO[C@@H]5C[C@H](O)[C@@]4(C)C(=O)[C@H](OC(C)=O)C(=C2C)C3(C)C)C(NC(=O)c2ccccc2)c2ccccc2)cc1. The van der Waals surface area contributed by atoms with E-state index >= 15 is 9.59 Å². The highest BCUT2D eigenvalue weighted by molar-refractivity contribution is 5.97. The average Bonchev–Trinajstić information content (AvgIpc) is 0.747. The standard InChI is InChI=1S/C66H71N3O20/c1-8-9-13-26-49(73)67-33-50(74)68-45-29-27-41(28-30-45)34-83-51(75)35-82-36-52(76)87-56(54(42-20-14-10-15-21-42)69-60(78)43-22-16-11-17-23-43)62(80)86-46-32-66(81)59(88-61(79)44-24-18-12-19-25-44)57-64(7,47(72)31-48-65(57,37-84-48)89-40(4)71)58(77)55(85-39(3)70)53(38(46)2)63(66,5)6/h1,10-12,14-25,27-30,46-48,54-57,59,72,81H,9,13,26,31-37H2,2-7H3,(H,67,73)(H,68,74)(H,69,78)/t46-,47-,48+,54?,55+,56+,57-,59-,64+,65-,66+/m0/s1. The molecule has 1 heterocycles. The number of nitrogens with one attached hydrogen (secondary N) is 3. The number of carbonyl (C=O) groups is 10. The maximum atomic E-state index is 15.9. The lowest BCUT2D eigenvalue weighted by atomic mass is 9.44. The molecule has 3 aliphatic carbocycles. The smallest absolute Gasteiger partial charge is 0.350 e. The van der Waals surface area contributed by atoms with E-state index in [9.17, 15) is 48.6 Å². The summed E-state index contributed by atoms with van der Waals surface area (Å²) in [6, 6.07) is 28.2. The van der Waals surface area contributed by atoms with E-state index in [-0.39, 0.29) is 59.7 Å². The van der Waals surface area contributed by atoms with Crippen LogP contribution in [0.1, 0.15) is 112 Å². The summed E-state index contributed by atoms with van der Waals surface area (Å²) in [5.41, 5.74) is -7.17. The number of benzene rings is 4. The molecule has 23 nitrogen and oxygen atoms in total. The van der Waals surface area contributed by atoms with Crippen LogP contribution in [0.5, 0.6) is 0 Å². The molecule has 4 aromatic carbocycles. The van der Waals surface area contributed by atoms with Crippen molar-refractivity contribution in [2.24, 2.45) is 16.7 Å². The molecular weight excluding hydrogens is 1150 g/mol. The van der Waals surface area contributed by atoms with Crippen LogP contribution in [-0.2, 0) is 82.9 Å². The number of hydrogen-bond acceptors (Lipinski definition) is 20. The number of aliphatic hydroxyl groups excluding tert-OH is 1. The number of unbranched alkanes of at least 4 members (excludes halogenated alkanes) is 1. The third-order valence-electron chi connectivity index (χ3n) is 17.0. The molecule has 0 spiro atoms. The van der Waals surface area contributed by atoms with E-state index in [2.05, 4.69) is 21.9 Å². The van der Waals surface area contributed by atoms with Gasteiger partial charge in [0.2, 0.25) is 17.9 Å². The van der Waals surface area contributed by atoms with Crippen molar-refractivity contribution < 1.29 is 96.1 Å². The topological polar surface area (TPSA) is 321 Å². The molecule has 4 aromatic rings. The number of aliphatic hydroxyl groups is 2. The zero-order valence-electron chi connectivity index (χ0n) is 50.0. The van der Waals surface area contributed by atoms with Gasteiger partial charge in [-0.3, -0.25) is 28.8 Å². The van der Waals surface area contributed by atoms with Crippen molar-refractivity contribution in [2.45, 2.75) is 134 Å². The predicted molar refractivity (Wildman–Crippen MR) is 313 cm³/mol. The number of amides is 3. The highest BCUT2D eigenvalue weighted by Gasteiger charge is 2.78. The number of esters is 6. The van der Waals surface area contributed by atoms with E-state index in [1.54, 1.807) is 78.9 Å². The Hall–Kier alpha value is -9.08. The number of ether oxygens (including phenoxy) is 8. The Morgan fingerprint density at radius 1 is 0.787 bits per heavy atom. The zero-order chi connectivity index (χ0) is 64.4. The van der Waals surface area contributed by atoms with E-state index in [0.717, 1.165) is 13.8 Å². The number of Topliss-reactive ketones (excluding diaryl/α,β-unsaturated/α-hetero) is 1. The molecule has 3 amide bonds. The van der Waals surface area contributed by atoms with Gasteiger partial charge in [-0.05, 0) is 78.9 Å². The van der Waals surface area contributed by atoms with Crippen LogP contribution in [0.15, 0.2) is 126 Å². The first-order chi connectivity index (χ1) is 42.3. The maximum absolute atomic E-state index is 15.9. The van der Waals surface area contributed by atoms with Crippen molar-refractivity contribution in [3.05, 3.63) is 149 Å². The number of ketones is 1. The summed E-state index contributed by atoms with van der Waals surface area (Å²) in [4.78, 5) is 138. The minimum absolute atomic E-state index is 0.00252. The van der Waals surface area contributed by atoms with E-state index in [1.807, 2.05) is 0 Å². The second-order valence-electron chi connectivity index (χ2n) is 23.1. The fourth-order valence-corrected chi connectivity index (χ4v) is 12.4. The van der Waals surface area contributed by atoms with Crippen LogP contribution < -0.4 is 16.0 Å². The lowest BCUT2D eigenvalue weighted by Crippen LogP contribution is -2.82. The van der Waals surface area contributed by atoms with Gasteiger partial charge in [-0.25, -0.2) is 19.2 Å².